The largest absolute Gasteiger partial charge is 0.325 e. The van der Waals surface area contributed by atoms with E-state index in [1.165, 1.54) is 24.3 Å². The number of amides is 4. The van der Waals surface area contributed by atoms with Crippen LogP contribution in [-0.4, -0.2) is 29.3 Å². The number of urea groups is 1. The van der Waals surface area contributed by atoms with Crippen LogP contribution in [0.1, 0.15) is 44.2 Å². The topological polar surface area (TPSA) is 78.5 Å². The molecule has 0 aliphatic carbocycles. The predicted octanol–water partition coefficient (Wildman–Crippen LogP) is 3.96. The molecule has 1 fully saturated rings. The highest BCUT2D eigenvalue weighted by molar-refractivity contribution is 6.10. The Balaban J connectivity index is 1.80. The van der Waals surface area contributed by atoms with Crippen molar-refractivity contribution >= 4 is 23.5 Å². The molecule has 2 aromatic carbocycles. The van der Waals surface area contributed by atoms with E-state index in [2.05, 4.69) is 10.6 Å². The van der Waals surface area contributed by atoms with Gasteiger partial charge in [0.25, 0.3) is 5.91 Å². The van der Waals surface area contributed by atoms with E-state index in [9.17, 15) is 18.8 Å². The Hall–Kier alpha value is -3.22. The lowest BCUT2D eigenvalue weighted by Gasteiger charge is -2.27. The summed E-state index contributed by atoms with van der Waals surface area (Å²) in [5.74, 6) is -1.38. The van der Waals surface area contributed by atoms with Crippen LogP contribution in [0.15, 0.2) is 48.5 Å². The second kappa shape index (κ2) is 9.07. The van der Waals surface area contributed by atoms with Crippen LogP contribution in [0.4, 0.5) is 14.9 Å². The molecule has 2 N–H and O–H groups in total. The smallest absolute Gasteiger partial charge is 0.325 e. The van der Waals surface area contributed by atoms with Gasteiger partial charge >= 0.3 is 6.03 Å². The molecule has 30 heavy (non-hydrogen) atoms. The van der Waals surface area contributed by atoms with Gasteiger partial charge < -0.3 is 10.6 Å². The van der Waals surface area contributed by atoms with Gasteiger partial charge in [0, 0.05) is 5.69 Å². The Morgan fingerprint density at radius 2 is 1.87 bits per heavy atom. The first-order valence-electron chi connectivity index (χ1n) is 10.2. The summed E-state index contributed by atoms with van der Waals surface area (Å²) in [6.45, 7) is 3.60. The van der Waals surface area contributed by atoms with Crippen molar-refractivity contribution in [1.82, 2.24) is 10.2 Å². The lowest BCUT2D eigenvalue weighted by atomic mass is 9.85. The number of benzene rings is 2. The van der Waals surface area contributed by atoms with E-state index in [-0.39, 0.29) is 0 Å². The van der Waals surface area contributed by atoms with Crippen LogP contribution in [0.3, 0.4) is 0 Å². The van der Waals surface area contributed by atoms with E-state index in [4.69, 9.17) is 0 Å². The molecule has 1 saturated heterocycles. The fraction of sp³-hybridized carbons (Fsp3) is 0.348. The van der Waals surface area contributed by atoms with Crippen LogP contribution in [-0.2, 0) is 21.5 Å². The summed E-state index contributed by atoms with van der Waals surface area (Å²) in [5.41, 5.74) is 0.901. The summed E-state index contributed by atoms with van der Waals surface area (Å²) < 4.78 is 13.4. The number of unbranched alkanes of at least 4 members (excludes halogenated alkanes) is 1. The maximum absolute atomic E-state index is 13.4. The molecule has 3 rings (SSSR count). The number of anilines is 1. The van der Waals surface area contributed by atoms with Crippen molar-refractivity contribution in [3.05, 3.63) is 65.5 Å². The molecule has 6 nitrogen and oxygen atoms in total. The summed E-state index contributed by atoms with van der Waals surface area (Å²) in [7, 11) is 0. The molecule has 1 atom stereocenters. The highest BCUT2D eigenvalue weighted by atomic mass is 19.1. The van der Waals surface area contributed by atoms with E-state index in [0.717, 1.165) is 23.3 Å². The Morgan fingerprint density at radius 1 is 1.13 bits per heavy atom. The monoisotopic (exact) mass is 411 g/mol. The number of halogens is 1. The quantitative estimate of drug-likeness (QED) is 0.646. The van der Waals surface area contributed by atoms with Crippen LogP contribution in [0.25, 0.3) is 0 Å². The van der Waals surface area contributed by atoms with Crippen molar-refractivity contribution in [1.29, 1.82) is 0 Å². The van der Waals surface area contributed by atoms with Crippen molar-refractivity contribution in [3.63, 3.8) is 0 Å². The third-order valence-corrected chi connectivity index (χ3v) is 5.34. The van der Waals surface area contributed by atoms with Gasteiger partial charge in [0.2, 0.25) is 5.91 Å². The average molecular weight is 411 g/mol. The number of nitrogens with zero attached hydrogens (tertiary/aromatic N) is 1. The minimum Gasteiger partial charge on any atom is -0.325 e. The first-order valence-corrected chi connectivity index (χ1v) is 10.2. The molecule has 0 radical (unpaired) electrons. The molecule has 2 aromatic rings. The Morgan fingerprint density at radius 3 is 2.53 bits per heavy atom. The summed E-state index contributed by atoms with van der Waals surface area (Å²) in [6.07, 6.45) is 2.71. The average Bonchev–Trinajstić information content (AvgIpc) is 2.98. The second-order valence-corrected chi connectivity index (χ2v) is 7.44. The predicted molar refractivity (Wildman–Crippen MR) is 112 cm³/mol. The molecule has 4 amide bonds. The normalized spacial score (nSPS) is 18.4. The molecule has 0 bridgehead atoms. The standard InChI is InChI=1S/C23H26FN3O3/c1-3-5-13-23(17-9-11-18(24)12-10-17)21(29)27(22(30)26-23)15-20(28)25-19-8-6-7-16(4-2)14-19/h6-12,14H,3-5,13,15H2,1-2H3,(H,25,28)(H,26,30). The summed E-state index contributed by atoms with van der Waals surface area (Å²) >= 11 is 0. The van der Waals surface area contributed by atoms with Crippen molar-refractivity contribution in [2.75, 3.05) is 11.9 Å². The fourth-order valence-electron chi connectivity index (χ4n) is 3.67. The zero-order valence-corrected chi connectivity index (χ0v) is 17.2. The van der Waals surface area contributed by atoms with Gasteiger partial charge in [-0.1, -0.05) is 51.0 Å². The maximum atomic E-state index is 13.4. The van der Waals surface area contributed by atoms with E-state index >= 15 is 0 Å². The van der Waals surface area contributed by atoms with Gasteiger partial charge in [0.15, 0.2) is 0 Å². The van der Waals surface area contributed by atoms with E-state index in [0.29, 0.717) is 24.1 Å². The first-order chi connectivity index (χ1) is 14.4. The van der Waals surface area contributed by atoms with Crippen LogP contribution >= 0.6 is 0 Å². The van der Waals surface area contributed by atoms with Crippen LogP contribution in [0, 0.1) is 5.82 Å². The SMILES string of the molecule is CCCCC1(c2ccc(F)cc2)NC(=O)N(CC(=O)Nc2cccc(CC)c2)C1=O. The van der Waals surface area contributed by atoms with Crippen molar-refractivity contribution in [2.45, 2.75) is 45.1 Å². The molecule has 0 saturated carbocycles. The number of rotatable bonds is 8. The van der Waals surface area contributed by atoms with Crippen molar-refractivity contribution in [3.8, 4) is 0 Å². The molecule has 1 unspecified atom stereocenters. The van der Waals surface area contributed by atoms with E-state index in [1.807, 2.05) is 32.0 Å². The Labute approximate surface area is 175 Å². The number of nitrogens with one attached hydrogen (secondary N) is 2. The second-order valence-electron chi connectivity index (χ2n) is 7.44. The number of hydrogen-bond donors (Lipinski definition) is 2. The molecule has 1 aliphatic rings. The molecule has 0 aromatic heterocycles. The zero-order valence-electron chi connectivity index (χ0n) is 17.2. The minimum absolute atomic E-state index is 0.371. The van der Waals surface area contributed by atoms with E-state index in [1.54, 1.807) is 6.07 Å². The van der Waals surface area contributed by atoms with Crippen molar-refractivity contribution in [2.24, 2.45) is 0 Å². The Kier molecular flexibility index (Phi) is 6.50. The molecule has 1 aliphatic heterocycles. The van der Waals surface area contributed by atoms with Crippen LogP contribution < -0.4 is 10.6 Å². The molecular formula is C23H26FN3O3. The highest BCUT2D eigenvalue weighted by Crippen LogP contribution is 2.34. The molecule has 158 valence electrons. The first kappa shape index (κ1) is 21.5. The van der Waals surface area contributed by atoms with Gasteiger partial charge in [-0.15, -0.1) is 0 Å². The van der Waals surface area contributed by atoms with Crippen LogP contribution in [0.5, 0.6) is 0 Å². The van der Waals surface area contributed by atoms with Gasteiger partial charge in [0.05, 0.1) is 0 Å². The molecule has 7 heteroatoms. The summed E-state index contributed by atoms with van der Waals surface area (Å²) in [5, 5.41) is 5.50. The number of hydrogen-bond acceptors (Lipinski definition) is 3. The van der Waals surface area contributed by atoms with Gasteiger partial charge in [0.1, 0.15) is 17.9 Å². The molecular weight excluding hydrogens is 385 g/mol. The maximum Gasteiger partial charge on any atom is 0.325 e. The number of aryl methyl sites for hydroxylation is 1. The highest BCUT2D eigenvalue weighted by Gasteiger charge is 2.52. The lowest BCUT2D eigenvalue weighted by molar-refractivity contribution is -0.134. The molecule has 1 heterocycles. The third-order valence-electron chi connectivity index (χ3n) is 5.34. The Bertz CT molecular complexity index is 945. The van der Waals surface area contributed by atoms with Gasteiger partial charge in [-0.2, -0.15) is 0 Å². The zero-order chi connectivity index (χ0) is 21.7. The number of imide groups is 1. The van der Waals surface area contributed by atoms with E-state index < -0.39 is 35.7 Å². The van der Waals surface area contributed by atoms with Crippen LogP contribution in [0.2, 0.25) is 0 Å². The lowest BCUT2D eigenvalue weighted by Crippen LogP contribution is -2.44. The fourth-order valence-corrected chi connectivity index (χ4v) is 3.67. The number of carbonyl (C=O) groups is 3. The summed E-state index contributed by atoms with van der Waals surface area (Å²) in [6, 6.07) is 12.3. The van der Waals surface area contributed by atoms with Gasteiger partial charge in [-0.3, -0.25) is 14.5 Å². The minimum atomic E-state index is -1.29. The number of carbonyl (C=O) groups excluding carboxylic acids is 3. The van der Waals surface area contributed by atoms with Gasteiger partial charge in [-0.05, 0) is 48.2 Å². The molecule has 0 spiro atoms. The van der Waals surface area contributed by atoms with Gasteiger partial charge in [-0.25, -0.2) is 9.18 Å². The van der Waals surface area contributed by atoms with Crippen molar-refractivity contribution < 1.29 is 18.8 Å². The third kappa shape index (κ3) is 4.35. The summed E-state index contributed by atoms with van der Waals surface area (Å²) in [4.78, 5) is 39.4.